The molecular formula is C9H13ClOSi. The monoisotopic (exact) mass is 200 g/mol. The van der Waals surface area contributed by atoms with E-state index >= 15 is 0 Å². The molecule has 0 heterocycles. The van der Waals surface area contributed by atoms with Crippen molar-refractivity contribution in [2.24, 2.45) is 0 Å². The summed E-state index contributed by atoms with van der Waals surface area (Å²) in [5.74, 6) is 0. The van der Waals surface area contributed by atoms with Crippen molar-refractivity contribution in [2.45, 2.75) is 13.0 Å². The average Bonchev–Trinajstić information content (AvgIpc) is 2.05. The molecule has 1 nitrogen and oxygen atoms in total. The SMILES string of the molecule is C[SiH](Cl)OCCc1ccccc1. The molecule has 1 rings (SSSR count). The molecule has 1 aromatic rings. The Balaban J connectivity index is 2.25. The summed E-state index contributed by atoms with van der Waals surface area (Å²) in [7, 11) is -1.34. The minimum atomic E-state index is -1.34. The van der Waals surface area contributed by atoms with Crippen LogP contribution in [0.3, 0.4) is 0 Å². The predicted molar refractivity (Wildman–Crippen MR) is 55.0 cm³/mol. The number of benzene rings is 1. The van der Waals surface area contributed by atoms with E-state index in [9.17, 15) is 0 Å². The lowest BCUT2D eigenvalue weighted by Gasteiger charge is -2.04. The van der Waals surface area contributed by atoms with Crippen LogP contribution in [-0.2, 0) is 10.8 Å². The highest BCUT2D eigenvalue weighted by Crippen LogP contribution is 2.00. The highest BCUT2D eigenvalue weighted by Gasteiger charge is 1.97. The maximum Gasteiger partial charge on any atom is 0.270 e. The third kappa shape index (κ3) is 3.90. The van der Waals surface area contributed by atoms with Gasteiger partial charge in [-0.25, -0.2) is 0 Å². The number of hydrogen-bond donors (Lipinski definition) is 0. The molecule has 1 atom stereocenters. The minimum Gasteiger partial charge on any atom is -0.405 e. The van der Waals surface area contributed by atoms with Gasteiger partial charge in [0, 0.05) is 6.61 Å². The van der Waals surface area contributed by atoms with Crippen LogP contribution in [0.4, 0.5) is 0 Å². The molecule has 0 fully saturated rings. The molecule has 0 saturated heterocycles. The first-order valence-electron chi connectivity index (χ1n) is 4.08. The molecule has 0 aliphatic carbocycles. The third-order valence-electron chi connectivity index (χ3n) is 1.58. The van der Waals surface area contributed by atoms with Gasteiger partial charge < -0.3 is 4.43 Å². The number of halogens is 1. The Hall–Kier alpha value is -0.313. The molecule has 12 heavy (non-hydrogen) atoms. The van der Waals surface area contributed by atoms with Crippen molar-refractivity contribution in [3.8, 4) is 0 Å². The Bertz CT molecular complexity index is 213. The highest BCUT2D eigenvalue weighted by molar-refractivity contribution is 7.02. The van der Waals surface area contributed by atoms with Crippen LogP contribution in [0.25, 0.3) is 0 Å². The lowest BCUT2D eigenvalue weighted by Crippen LogP contribution is -2.07. The standard InChI is InChI=1S/C9H13ClOSi/c1-12(10)11-8-7-9-5-3-2-4-6-9/h2-6,12H,7-8H2,1H3. The lowest BCUT2D eigenvalue weighted by atomic mass is 10.2. The van der Waals surface area contributed by atoms with Crippen LogP contribution < -0.4 is 0 Å². The van der Waals surface area contributed by atoms with Gasteiger partial charge in [-0.3, -0.25) is 0 Å². The Morgan fingerprint density at radius 1 is 1.33 bits per heavy atom. The largest absolute Gasteiger partial charge is 0.405 e. The van der Waals surface area contributed by atoms with E-state index < -0.39 is 8.35 Å². The van der Waals surface area contributed by atoms with Gasteiger partial charge in [0.1, 0.15) is 0 Å². The number of hydrogen-bond acceptors (Lipinski definition) is 1. The van der Waals surface area contributed by atoms with Crippen LogP contribution in [0.2, 0.25) is 6.55 Å². The van der Waals surface area contributed by atoms with Gasteiger partial charge in [0.25, 0.3) is 8.35 Å². The van der Waals surface area contributed by atoms with Crippen LogP contribution in [0.15, 0.2) is 30.3 Å². The maximum atomic E-state index is 5.76. The smallest absolute Gasteiger partial charge is 0.270 e. The Kier molecular flexibility index (Phi) is 4.36. The zero-order valence-corrected chi connectivity index (χ0v) is 9.08. The summed E-state index contributed by atoms with van der Waals surface area (Å²) in [6.07, 6.45) is 0.963. The van der Waals surface area contributed by atoms with Crippen molar-refractivity contribution in [3.05, 3.63) is 35.9 Å². The molecule has 3 heteroatoms. The normalized spacial score (nSPS) is 12.8. The van der Waals surface area contributed by atoms with Crippen molar-refractivity contribution >= 4 is 19.4 Å². The summed E-state index contributed by atoms with van der Waals surface area (Å²) in [6.45, 7) is 2.72. The van der Waals surface area contributed by atoms with Gasteiger partial charge in [-0.2, -0.15) is 0 Å². The zero-order valence-electron chi connectivity index (χ0n) is 7.16. The van der Waals surface area contributed by atoms with Gasteiger partial charge in [-0.1, -0.05) is 30.3 Å². The molecule has 0 radical (unpaired) electrons. The van der Waals surface area contributed by atoms with Crippen LogP contribution in [0.5, 0.6) is 0 Å². The molecule has 1 aromatic carbocycles. The van der Waals surface area contributed by atoms with E-state index in [-0.39, 0.29) is 0 Å². The van der Waals surface area contributed by atoms with Crippen molar-refractivity contribution in [1.82, 2.24) is 0 Å². The van der Waals surface area contributed by atoms with Crippen LogP contribution >= 0.6 is 11.1 Å². The van der Waals surface area contributed by atoms with Gasteiger partial charge >= 0.3 is 0 Å². The second-order valence-electron chi connectivity index (χ2n) is 2.65. The molecule has 66 valence electrons. The third-order valence-corrected chi connectivity index (χ3v) is 2.65. The second kappa shape index (κ2) is 5.35. The fourth-order valence-corrected chi connectivity index (χ4v) is 1.69. The first kappa shape index (κ1) is 9.77. The summed E-state index contributed by atoms with van der Waals surface area (Å²) in [4.78, 5) is 0. The van der Waals surface area contributed by atoms with E-state index in [2.05, 4.69) is 12.1 Å². The Labute approximate surface area is 79.7 Å². The second-order valence-corrected chi connectivity index (χ2v) is 5.91. The summed E-state index contributed by atoms with van der Waals surface area (Å²) in [6, 6.07) is 10.3. The quantitative estimate of drug-likeness (QED) is 0.536. The fourth-order valence-electron chi connectivity index (χ4n) is 0.984. The summed E-state index contributed by atoms with van der Waals surface area (Å²) >= 11 is 5.76. The van der Waals surface area contributed by atoms with Crippen LogP contribution in [0, 0.1) is 0 Å². The molecule has 0 aromatic heterocycles. The van der Waals surface area contributed by atoms with Crippen LogP contribution in [0.1, 0.15) is 5.56 Å². The molecule has 0 bridgehead atoms. The van der Waals surface area contributed by atoms with Crippen LogP contribution in [-0.4, -0.2) is 15.0 Å². The molecule has 1 unspecified atom stereocenters. The van der Waals surface area contributed by atoms with Crippen molar-refractivity contribution in [1.29, 1.82) is 0 Å². The van der Waals surface area contributed by atoms with Gasteiger partial charge in [-0.05, 0) is 18.5 Å². The van der Waals surface area contributed by atoms with E-state index in [1.54, 1.807) is 0 Å². The summed E-state index contributed by atoms with van der Waals surface area (Å²) in [5.41, 5.74) is 1.31. The first-order valence-corrected chi connectivity index (χ1v) is 7.46. The van der Waals surface area contributed by atoms with E-state index in [1.807, 2.05) is 24.7 Å². The summed E-state index contributed by atoms with van der Waals surface area (Å²) < 4.78 is 5.35. The first-order chi connectivity index (χ1) is 5.79. The summed E-state index contributed by atoms with van der Waals surface area (Å²) in [5, 5.41) is 0. The zero-order chi connectivity index (χ0) is 8.81. The molecule has 0 aliphatic rings. The molecule has 0 amide bonds. The predicted octanol–water partition coefficient (Wildman–Crippen LogP) is 2.33. The van der Waals surface area contributed by atoms with E-state index in [1.165, 1.54) is 5.56 Å². The van der Waals surface area contributed by atoms with Crippen molar-refractivity contribution in [2.75, 3.05) is 6.61 Å². The van der Waals surface area contributed by atoms with Gasteiger partial charge in [0.05, 0.1) is 0 Å². The molecule has 0 N–H and O–H groups in total. The average molecular weight is 201 g/mol. The molecule has 0 spiro atoms. The topological polar surface area (TPSA) is 9.23 Å². The maximum absolute atomic E-state index is 5.76. The van der Waals surface area contributed by atoms with Gasteiger partial charge in [0.15, 0.2) is 0 Å². The highest BCUT2D eigenvalue weighted by atomic mass is 35.6. The Morgan fingerprint density at radius 2 is 2.00 bits per heavy atom. The molecule has 0 saturated carbocycles. The Morgan fingerprint density at radius 3 is 2.58 bits per heavy atom. The van der Waals surface area contributed by atoms with Gasteiger partial charge in [-0.15, -0.1) is 11.1 Å². The van der Waals surface area contributed by atoms with Crippen molar-refractivity contribution in [3.63, 3.8) is 0 Å². The van der Waals surface area contributed by atoms with E-state index in [0.29, 0.717) is 0 Å². The van der Waals surface area contributed by atoms with Gasteiger partial charge in [0.2, 0.25) is 0 Å². The fraction of sp³-hybridized carbons (Fsp3) is 0.333. The lowest BCUT2D eigenvalue weighted by molar-refractivity contribution is 0.338. The van der Waals surface area contributed by atoms with Crippen molar-refractivity contribution < 1.29 is 4.43 Å². The molecular weight excluding hydrogens is 188 g/mol. The minimum absolute atomic E-state index is 0.751. The van der Waals surface area contributed by atoms with E-state index in [4.69, 9.17) is 15.5 Å². The molecule has 0 aliphatic heterocycles. The van der Waals surface area contributed by atoms with E-state index in [0.717, 1.165) is 13.0 Å². The number of rotatable bonds is 4.